The number of nitrogens with zero attached hydrogens (tertiary/aromatic N) is 4. The van der Waals surface area contributed by atoms with Crippen LogP contribution in [0.3, 0.4) is 0 Å². The normalized spacial score (nSPS) is 15.8. The molecule has 4 rings (SSSR count). The summed E-state index contributed by atoms with van der Waals surface area (Å²) in [5.74, 6) is -0.0844. The standard InChI is InChI=1S/C17H11ClFN5O2/c18-12-5-2-6-13(19)16(12)15-8-14(22-17-20-9-21-23(15)17)10-3-1-4-11(7-10)24(25)26/h1-9,15H,(H,20,21,22)/t15-/m0/s1. The lowest BCUT2D eigenvalue weighted by Gasteiger charge is -2.25. The fourth-order valence-electron chi connectivity index (χ4n) is 2.89. The predicted molar refractivity (Wildman–Crippen MR) is 94.3 cm³/mol. The molecule has 1 aromatic heterocycles. The van der Waals surface area contributed by atoms with E-state index in [0.29, 0.717) is 17.2 Å². The fraction of sp³-hybridized carbons (Fsp3) is 0.0588. The number of nitro benzene ring substituents is 1. The van der Waals surface area contributed by atoms with Crippen molar-refractivity contribution in [1.82, 2.24) is 14.8 Å². The van der Waals surface area contributed by atoms with E-state index >= 15 is 0 Å². The molecule has 1 atom stereocenters. The van der Waals surface area contributed by atoms with Crippen LogP contribution in [-0.2, 0) is 0 Å². The molecule has 1 N–H and O–H groups in total. The Morgan fingerprint density at radius 3 is 2.85 bits per heavy atom. The molecule has 0 saturated heterocycles. The zero-order valence-corrected chi connectivity index (χ0v) is 13.9. The maximum atomic E-state index is 14.4. The van der Waals surface area contributed by atoms with Crippen LogP contribution in [0.5, 0.6) is 0 Å². The van der Waals surface area contributed by atoms with E-state index < -0.39 is 16.8 Å². The number of anilines is 1. The van der Waals surface area contributed by atoms with Crippen molar-refractivity contribution in [3.8, 4) is 0 Å². The van der Waals surface area contributed by atoms with Gasteiger partial charge >= 0.3 is 0 Å². The first-order valence-corrected chi connectivity index (χ1v) is 7.99. The van der Waals surface area contributed by atoms with Gasteiger partial charge in [-0.1, -0.05) is 29.8 Å². The largest absolute Gasteiger partial charge is 0.324 e. The topological polar surface area (TPSA) is 85.9 Å². The van der Waals surface area contributed by atoms with E-state index in [9.17, 15) is 14.5 Å². The molecular weight excluding hydrogens is 361 g/mol. The van der Waals surface area contributed by atoms with Crippen LogP contribution in [0.25, 0.3) is 5.70 Å². The molecule has 2 aromatic carbocycles. The highest BCUT2D eigenvalue weighted by atomic mass is 35.5. The van der Waals surface area contributed by atoms with Gasteiger partial charge in [-0.2, -0.15) is 10.1 Å². The fourth-order valence-corrected chi connectivity index (χ4v) is 3.16. The van der Waals surface area contributed by atoms with Crippen LogP contribution in [0.4, 0.5) is 16.0 Å². The third-order valence-electron chi connectivity index (χ3n) is 4.07. The maximum absolute atomic E-state index is 14.4. The van der Waals surface area contributed by atoms with E-state index in [0.717, 1.165) is 0 Å². The Balaban J connectivity index is 1.86. The van der Waals surface area contributed by atoms with Gasteiger partial charge < -0.3 is 5.32 Å². The van der Waals surface area contributed by atoms with E-state index in [1.807, 2.05) is 0 Å². The summed E-state index contributed by atoms with van der Waals surface area (Å²) in [4.78, 5) is 14.7. The quantitative estimate of drug-likeness (QED) is 0.554. The summed E-state index contributed by atoms with van der Waals surface area (Å²) >= 11 is 6.22. The van der Waals surface area contributed by atoms with Crippen LogP contribution in [0.1, 0.15) is 17.2 Å². The Kier molecular flexibility index (Phi) is 3.89. The zero-order valence-electron chi connectivity index (χ0n) is 13.1. The number of nitrogens with one attached hydrogen (secondary N) is 1. The van der Waals surface area contributed by atoms with Gasteiger partial charge in [0.05, 0.1) is 4.92 Å². The summed E-state index contributed by atoms with van der Waals surface area (Å²) in [6.45, 7) is 0. The van der Waals surface area contributed by atoms with Crippen molar-refractivity contribution in [3.05, 3.63) is 86.9 Å². The molecule has 130 valence electrons. The van der Waals surface area contributed by atoms with Crippen molar-refractivity contribution in [2.45, 2.75) is 6.04 Å². The van der Waals surface area contributed by atoms with Crippen molar-refractivity contribution in [2.24, 2.45) is 0 Å². The first-order chi connectivity index (χ1) is 12.5. The van der Waals surface area contributed by atoms with Crippen molar-refractivity contribution in [1.29, 1.82) is 0 Å². The third kappa shape index (κ3) is 2.70. The maximum Gasteiger partial charge on any atom is 0.270 e. The van der Waals surface area contributed by atoms with Crippen LogP contribution >= 0.6 is 11.6 Å². The molecule has 0 fully saturated rings. The van der Waals surface area contributed by atoms with E-state index in [1.54, 1.807) is 24.3 Å². The molecule has 0 saturated carbocycles. The molecule has 0 bridgehead atoms. The lowest BCUT2D eigenvalue weighted by molar-refractivity contribution is -0.384. The van der Waals surface area contributed by atoms with Crippen LogP contribution < -0.4 is 5.32 Å². The molecule has 0 radical (unpaired) electrons. The summed E-state index contributed by atoms with van der Waals surface area (Å²) in [5.41, 5.74) is 1.34. The highest BCUT2D eigenvalue weighted by molar-refractivity contribution is 6.31. The van der Waals surface area contributed by atoms with Gasteiger partial charge in [0.25, 0.3) is 5.69 Å². The number of non-ortho nitro benzene ring substituents is 1. The zero-order chi connectivity index (χ0) is 18.3. The SMILES string of the molecule is O=[N+]([O-])c1cccc(C2=C[C@@H](c3c(F)cccc3Cl)n3ncnc3N2)c1. The number of hydrogen-bond acceptors (Lipinski definition) is 5. The third-order valence-corrected chi connectivity index (χ3v) is 4.40. The Bertz CT molecular complexity index is 1030. The van der Waals surface area contributed by atoms with Crippen molar-refractivity contribution >= 4 is 28.9 Å². The van der Waals surface area contributed by atoms with Crippen molar-refractivity contribution in [2.75, 3.05) is 5.32 Å². The smallest absolute Gasteiger partial charge is 0.270 e. The number of rotatable bonds is 3. The monoisotopic (exact) mass is 371 g/mol. The van der Waals surface area contributed by atoms with Crippen LogP contribution in [0.15, 0.2) is 54.9 Å². The van der Waals surface area contributed by atoms with E-state index in [4.69, 9.17) is 11.6 Å². The number of hydrogen-bond donors (Lipinski definition) is 1. The van der Waals surface area contributed by atoms with Gasteiger partial charge in [-0.15, -0.1) is 0 Å². The van der Waals surface area contributed by atoms with Gasteiger partial charge in [-0.05, 0) is 18.2 Å². The first kappa shape index (κ1) is 16.2. The molecule has 9 heteroatoms. The summed E-state index contributed by atoms with van der Waals surface area (Å²) in [7, 11) is 0. The van der Waals surface area contributed by atoms with Crippen molar-refractivity contribution < 1.29 is 9.31 Å². The summed E-state index contributed by atoms with van der Waals surface area (Å²) in [5, 5.41) is 18.5. The number of nitro groups is 1. The molecule has 0 aliphatic carbocycles. The molecule has 1 aliphatic rings. The second kappa shape index (κ2) is 6.23. The molecule has 3 aromatic rings. The lowest BCUT2D eigenvalue weighted by atomic mass is 10.0. The van der Waals surface area contributed by atoms with E-state index in [1.165, 1.54) is 35.3 Å². The van der Waals surface area contributed by atoms with Gasteiger partial charge in [-0.25, -0.2) is 9.07 Å². The first-order valence-electron chi connectivity index (χ1n) is 7.61. The Labute approximate surface area is 151 Å². The summed E-state index contributed by atoms with van der Waals surface area (Å²) < 4.78 is 16.0. The minimum atomic E-state index is -0.642. The second-order valence-corrected chi connectivity index (χ2v) is 6.03. The Morgan fingerprint density at radius 1 is 1.27 bits per heavy atom. The lowest BCUT2D eigenvalue weighted by Crippen LogP contribution is -2.21. The molecule has 7 nitrogen and oxygen atoms in total. The van der Waals surface area contributed by atoms with E-state index in [2.05, 4.69) is 15.4 Å². The van der Waals surface area contributed by atoms with Crippen LogP contribution in [0.2, 0.25) is 5.02 Å². The summed E-state index contributed by atoms with van der Waals surface area (Å²) in [6.07, 6.45) is 3.05. The molecule has 26 heavy (non-hydrogen) atoms. The number of benzene rings is 2. The number of fused-ring (bicyclic) bond motifs is 1. The molecule has 0 spiro atoms. The minimum absolute atomic E-state index is 0.0438. The number of allylic oxidation sites excluding steroid dienone is 1. The van der Waals surface area contributed by atoms with E-state index in [-0.39, 0.29) is 16.3 Å². The second-order valence-electron chi connectivity index (χ2n) is 5.62. The molecule has 0 unspecified atom stereocenters. The van der Waals surface area contributed by atoms with Crippen molar-refractivity contribution in [3.63, 3.8) is 0 Å². The van der Waals surface area contributed by atoms with Gasteiger partial charge in [-0.3, -0.25) is 10.1 Å². The van der Waals surface area contributed by atoms with Gasteiger partial charge in [0.2, 0.25) is 5.95 Å². The van der Waals surface area contributed by atoms with Gasteiger partial charge in [0.15, 0.2) is 0 Å². The van der Waals surface area contributed by atoms with Crippen LogP contribution in [-0.4, -0.2) is 19.7 Å². The average Bonchev–Trinajstić information content (AvgIpc) is 3.10. The highest BCUT2D eigenvalue weighted by Gasteiger charge is 2.27. The molecule has 2 heterocycles. The number of halogens is 2. The molecular formula is C17H11ClFN5O2. The Morgan fingerprint density at radius 2 is 2.08 bits per heavy atom. The van der Waals surface area contributed by atoms with Gasteiger partial charge in [0, 0.05) is 34.0 Å². The van der Waals surface area contributed by atoms with Crippen LogP contribution in [0, 0.1) is 15.9 Å². The molecule has 0 amide bonds. The highest BCUT2D eigenvalue weighted by Crippen LogP contribution is 2.36. The Hall–Kier alpha value is -3.26. The number of aromatic nitrogens is 3. The minimum Gasteiger partial charge on any atom is -0.324 e. The molecule has 1 aliphatic heterocycles. The van der Waals surface area contributed by atoms with Gasteiger partial charge in [0.1, 0.15) is 18.2 Å². The summed E-state index contributed by atoms with van der Waals surface area (Å²) in [6, 6.07) is 9.94. The predicted octanol–water partition coefficient (Wildman–Crippen LogP) is 4.03. The average molecular weight is 372 g/mol.